The van der Waals surface area contributed by atoms with Crippen LogP contribution in [0.4, 0.5) is 5.13 Å². The molecule has 9 heteroatoms. The van der Waals surface area contributed by atoms with E-state index in [0.29, 0.717) is 18.0 Å². The van der Waals surface area contributed by atoms with Gasteiger partial charge < -0.3 is 14.4 Å². The number of thiazole rings is 1. The number of nitrogens with one attached hydrogen (secondary N) is 1. The van der Waals surface area contributed by atoms with Gasteiger partial charge in [0.1, 0.15) is 0 Å². The van der Waals surface area contributed by atoms with Gasteiger partial charge in [-0.25, -0.2) is 18.1 Å². The molecule has 3 rings (SSSR count). The van der Waals surface area contributed by atoms with Crippen molar-refractivity contribution in [3.8, 4) is 11.5 Å². The van der Waals surface area contributed by atoms with E-state index in [1.165, 1.54) is 26.4 Å². The minimum atomic E-state index is -3.63. The van der Waals surface area contributed by atoms with Crippen LogP contribution >= 0.6 is 11.3 Å². The molecule has 1 N–H and O–H groups in total. The Morgan fingerprint density at radius 3 is 2.80 bits per heavy atom. The number of aromatic nitrogens is 1. The third-order valence-electron chi connectivity index (χ3n) is 4.22. The van der Waals surface area contributed by atoms with Gasteiger partial charge in [0.15, 0.2) is 16.6 Å². The fourth-order valence-electron chi connectivity index (χ4n) is 2.93. The van der Waals surface area contributed by atoms with Gasteiger partial charge >= 0.3 is 0 Å². The molecule has 2 heterocycles. The molecule has 2 aromatic rings. The van der Waals surface area contributed by atoms with Gasteiger partial charge in [0, 0.05) is 36.8 Å². The lowest BCUT2D eigenvalue weighted by molar-refractivity contribution is 0.354. The van der Waals surface area contributed by atoms with Crippen LogP contribution in [0, 0.1) is 0 Å². The predicted octanol–water partition coefficient (Wildman–Crippen LogP) is 2.11. The molecule has 0 amide bonds. The highest BCUT2D eigenvalue weighted by molar-refractivity contribution is 7.89. The number of hydrogen-bond donors (Lipinski definition) is 1. The average molecular weight is 383 g/mol. The monoisotopic (exact) mass is 383 g/mol. The number of anilines is 1. The Kier molecular flexibility index (Phi) is 5.45. The Hall–Kier alpha value is -1.84. The van der Waals surface area contributed by atoms with Crippen molar-refractivity contribution in [3.63, 3.8) is 0 Å². The van der Waals surface area contributed by atoms with Crippen molar-refractivity contribution in [2.75, 3.05) is 32.2 Å². The maximum atomic E-state index is 12.6. The number of ether oxygens (including phenoxy) is 2. The maximum Gasteiger partial charge on any atom is 0.240 e. The van der Waals surface area contributed by atoms with Crippen LogP contribution in [0.5, 0.6) is 11.5 Å². The Bertz CT molecular complexity index is 809. The van der Waals surface area contributed by atoms with E-state index in [0.717, 1.165) is 24.5 Å². The van der Waals surface area contributed by atoms with E-state index in [1.54, 1.807) is 23.6 Å². The first kappa shape index (κ1) is 18.0. The highest BCUT2D eigenvalue weighted by Gasteiger charge is 2.28. The first-order valence-corrected chi connectivity index (χ1v) is 10.3. The Morgan fingerprint density at radius 1 is 1.32 bits per heavy atom. The molecule has 1 aliphatic rings. The number of rotatable bonds is 7. The molecule has 0 aliphatic carbocycles. The summed E-state index contributed by atoms with van der Waals surface area (Å²) in [5, 5.41) is 2.87. The summed E-state index contributed by atoms with van der Waals surface area (Å²) in [6, 6.07) is 4.68. The van der Waals surface area contributed by atoms with Gasteiger partial charge in [0.05, 0.1) is 19.1 Å². The highest BCUT2D eigenvalue weighted by atomic mass is 32.2. The van der Waals surface area contributed by atoms with E-state index in [2.05, 4.69) is 14.6 Å². The van der Waals surface area contributed by atoms with Gasteiger partial charge in [-0.2, -0.15) is 0 Å². The van der Waals surface area contributed by atoms with E-state index < -0.39 is 10.0 Å². The topological polar surface area (TPSA) is 80.8 Å². The predicted molar refractivity (Wildman–Crippen MR) is 97.2 cm³/mol. The quantitative estimate of drug-likeness (QED) is 0.789. The Labute approximate surface area is 151 Å². The number of methoxy groups -OCH3 is 2. The minimum Gasteiger partial charge on any atom is -0.493 e. The lowest BCUT2D eigenvalue weighted by atomic mass is 10.2. The molecule has 136 valence electrons. The fourth-order valence-corrected chi connectivity index (χ4v) is 4.76. The fraction of sp³-hybridized carbons (Fsp3) is 0.438. The summed E-state index contributed by atoms with van der Waals surface area (Å²) in [5.41, 5.74) is 0. The van der Waals surface area contributed by atoms with E-state index in [4.69, 9.17) is 9.47 Å². The SMILES string of the molecule is COc1ccc(S(=O)(=O)NC[C@@H]2CCCN2c2nccs2)cc1OC. The van der Waals surface area contributed by atoms with Gasteiger partial charge in [-0.05, 0) is 25.0 Å². The molecule has 1 aromatic heterocycles. The normalized spacial score (nSPS) is 17.7. The number of sulfonamides is 1. The van der Waals surface area contributed by atoms with Gasteiger partial charge in [-0.15, -0.1) is 11.3 Å². The summed E-state index contributed by atoms with van der Waals surface area (Å²) in [4.78, 5) is 6.65. The molecule has 1 aliphatic heterocycles. The molecule has 7 nitrogen and oxygen atoms in total. The van der Waals surface area contributed by atoms with Crippen molar-refractivity contribution < 1.29 is 17.9 Å². The van der Waals surface area contributed by atoms with Crippen LogP contribution in [0.15, 0.2) is 34.7 Å². The first-order valence-electron chi connectivity index (χ1n) is 7.93. The zero-order valence-electron chi connectivity index (χ0n) is 14.1. The summed E-state index contributed by atoms with van der Waals surface area (Å²) >= 11 is 1.57. The summed E-state index contributed by atoms with van der Waals surface area (Å²) in [6.45, 7) is 1.24. The Balaban J connectivity index is 1.71. The largest absolute Gasteiger partial charge is 0.493 e. The lowest BCUT2D eigenvalue weighted by Gasteiger charge is -2.24. The summed E-state index contributed by atoms with van der Waals surface area (Å²) < 4.78 is 38.3. The second kappa shape index (κ2) is 7.59. The molecule has 1 aromatic carbocycles. The highest BCUT2D eigenvalue weighted by Crippen LogP contribution is 2.30. The van der Waals surface area contributed by atoms with Crippen molar-refractivity contribution in [2.45, 2.75) is 23.8 Å². The van der Waals surface area contributed by atoms with Crippen LogP contribution in [-0.2, 0) is 10.0 Å². The van der Waals surface area contributed by atoms with E-state index in [-0.39, 0.29) is 10.9 Å². The van der Waals surface area contributed by atoms with Gasteiger partial charge in [-0.1, -0.05) is 0 Å². The molecule has 25 heavy (non-hydrogen) atoms. The van der Waals surface area contributed by atoms with Crippen LogP contribution < -0.4 is 19.1 Å². The molecule has 0 unspecified atom stereocenters. The first-order chi connectivity index (χ1) is 12.0. The molecule has 0 bridgehead atoms. The molecule has 1 saturated heterocycles. The van der Waals surface area contributed by atoms with Crippen LogP contribution in [0.3, 0.4) is 0 Å². The van der Waals surface area contributed by atoms with Gasteiger partial charge in [0.25, 0.3) is 0 Å². The van der Waals surface area contributed by atoms with Crippen LogP contribution in [0.2, 0.25) is 0 Å². The van der Waals surface area contributed by atoms with E-state index >= 15 is 0 Å². The van der Waals surface area contributed by atoms with E-state index in [1.807, 2.05) is 5.38 Å². The molecule has 1 fully saturated rings. The van der Waals surface area contributed by atoms with Crippen LogP contribution in [0.1, 0.15) is 12.8 Å². The molecular weight excluding hydrogens is 362 g/mol. The lowest BCUT2D eigenvalue weighted by Crippen LogP contribution is -2.40. The summed E-state index contributed by atoms with van der Waals surface area (Å²) in [5.74, 6) is 0.878. The van der Waals surface area contributed by atoms with E-state index in [9.17, 15) is 8.42 Å². The Morgan fingerprint density at radius 2 is 2.12 bits per heavy atom. The number of benzene rings is 1. The molecule has 0 saturated carbocycles. The second-order valence-corrected chi connectivity index (χ2v) is 8.31. The average Bonchev–Trinajstić information content (AvgIpc) is 3.30. The third kappa shape index (κ3) is 3.88. The van der Waals surface area contributed by atoms with Crippen LogP contribution in [0.25, 0.3) is 0 Å². The summed E-state index contributed by atoms with van der Waals surface area (Å²) in [6.07, 6.45) is 3.74. The number of nitrogens with zero attached hydrogens (tertiary/aromatic N) is 2. The van der Waals surface area contributed by atoms with Crippen molar-refractivity contribution in [2.24, 2.45) is 0 Å². The van der Waals surface area contributed by atoms with Gasteiger partial charge in [-0.3, -0.25) is 0 Å². The van der Waals surface area contributed by atoms with Gasteiger partial charge in [0.2, 0.25) is 10.0 Å². The molecule has 0 radical (unpaired) electrons. The molecular formula is C16H21N3O4S2. The van der Waals surface area contributed by atoms with Crippen LogP contribution in [-0.4, -0.2) is 46.8 Å². The zero-order valence-corrected chi connectivity index (χ0v) is 15.8. The van der Waals surface area contributed by atoms with Crippen molar-refractivity contribution in [1.29, 1.82) is 0 Å². The molecule has 1 atom stereocenters. The minimum absolute atomic E-state index is 0.112. The summed E-state index contributed by atoms with van der Waals surface area (Å²) in [7, 11) is -0.637. The van der Waals surface area contributed by atoms with Crippen molar-refractivity contribution >= 4 is 26.5 Å². The smallest absolute Gasteiger partial charge is 0.240 e. The van der Waals surface area contributed by atoms with Crippen molar-refractivity contribution in [1.82, 2.24) is 9.71 Å². The number of hydrogen-bond acceptors (Lipinski definition) is 7. The zero-order chi connectivity index (χ0) is 17.9. The second-order valence-electron chi connectivity index (χ2n) is 5.67. The van der Waals surface area contributed by atoms with Crippen molar-refractivity contribution in [3.05, 3.63) is 29.8 Å². The molecule has 0 spiro atoms. The standard InChI is InChI=1S/C16H21N3O4S2/c1-22-14-6-5-13(10-15(14)23-2)25(20,21)18-11-12-4-3-8-19(12)16-17-7-9-24-16/h5-7,9-10,12,18H,3-4,8,11H2,1-2H3/t12-/m0/s1. The third-order valence-corrected chi connectivity index (χ3v) is 6.45. The maximum absolute atomic E-state index is 12.6.